The first-order valence-corrected chi connectivity index (χ1v) is 13.2. The lowest BCUT2D eigenvalue weighted by molar-refractivity contribution is -0.114. The number of nitrogens with one attached hydrogen (secondary N) is 1. The van der Waals surface area contributed by atoms with Crippen molar-refractivity contribution in [3.05, 3.63) is 100 Å². The lowest BCUT2D eigenvalue weighted by Gasteiger charge is -2.20. The Kier molecular flexibility index (Phi) is 6.25. The van der Waals surface area contributed by atoms with E-state index in [1.54, 1.807) is 48.5 Å². The van der Waals surface area contributed by atoms with Crippen LogP contribution in [0.3, 0.4) is 0 Å². The van der Waals surface area contributed by atoms with Crippen LogP contribution in [0.1, 0.15) is 16.7 Å². The van der Waals surface area contributed by atoms with E-state index in [4.69, 9.17) is 21.2 Å². The molecule has 0 aromatic heterocycles. The van der Waals surface area contributed by atoms with E-state index in [-0.39, 0.29) is 27.2 Å². The second-order valence-electron chi connectivity index (χ2n) is 7.79. The summed E-state index contributed by atoms with van der Waals surface area (Å²) < 4.78 is 31.0. The third-order valence-corrected chi connectivity index (χ3v) is 7.81. The van der Waals surface area contributed by atoms with Gasteiger partial charge in [0.2, 0.25) is 5.17 Å². The number of fused-ring (bicyclic) bond motifs is 1. The molecule has 1 N–H and O–H groups in total. The molecule has 0 saturated heterocycles. The molecule has 5 rings (SSSR count). The predicted molar refractivity (Wildman–Crippen MR) is 141 cm³/mol. The molecule has 0 saturated carbocycles. The van der Waals surface area contributed by atoms with Crippen LogP contribution in [-0.4, -0.2) is 35.4 Å². The minimum atomic E-state index is -4.12. The van der Waals surface area contributed by atoms with E-state index in [0.717, 1.165) is 17.3 Å². The molecule has 0 bridgehead atoms. The number of halogens is 1. The Morgan fingerprint density at radius 3 is 2.47 bits per heavy atom. The average Bonchev–Trinajstić information content (AvgIpc) is 3.27. The summed E-state index contributed by atoms with van der Waals surface area (Å²) in [5, 5.41) is 15.5. The zero-order valence-electron chi connectivity index (χ0n) is 18.7. The Hall–Kier alpha value is -3.73. The Balaban J connectivity index is 1.47. The summed E-state index contributed by atoms with van der Waals surface area (Å²) in [6.07, 6.45) is 1.37. The highest BCUT2D eigenvalue weighted by molar-refractivity contribution is 8.27. The van der Waals surface area contributed by atoms with Gasteiger partial charge in [0.05, 0.1) is 10.6 Å². The van der Waals surface area contributed by atoms with Crippen LogP contribution in [0.25, 0.3) is 6.08 Å². The molecule has 0 unspecified atom stereocenters. The Bertz CT molecular complexity index is 1610. The third kappa shape index (κ3) is 4.58. The maximum atomic E-state index is 12.8. The van der Waals surface area contributed by atoms with E-state index in [0.29, 0.717) is 21.2 Å². The first-order chi connectivity index (χ1) is 17.2. The maximum Gasteiger partial charge on any atom is 0.339 e. The summed E-state index contributed by atoms with van der Waals surface area (Å²) >= 11 is 7.41. The number of benzene rings is 3. The number of amidine groups is 2. The monoisotopic (exact) mass is 536 g/mol. The summed E-state index contributed by atoms with van der Waals surface area (Å²) in [5.41, 5.74) is 1.80. The Labute approximate surface area is 216 Å². The molecular formula is C25H17ClN4O4S2. The number of carbonyl (C=O) groups is 1. The third-order valence-electron chi connectivity index (χ3n) is 5.29. The van der Waals surface area contributed by atoms with Crippen molar-refractivity contribution in [1.29, 1.82) is 5.41 Å². The highest BCUT2D eigenvalue weighted by atomic mass is 35.5. The molecule has 0 atom stereocenters. The lowest BCUT2D eigenvalue weighted by Crippen LogP contribution is -2.35. The molecular weight excluding hydrogens is 520 g/mol. The number of hydrogen-bond donors (Lipinski definition) is 1. The van der Waals surface area contributed by atoms with Gasteiger partial charge in [-0.1, -0.05) is 65.7 Å². The van der Waals surface area contributed by atoms with Crippen molar-refractivity contribution in [3.8, 4) is 5.75 Å². The van der Waals surface area contributed by atoms with Crippen molar-refractivity contribution in [2.75, 3.05) is 0 Å². The Morgan fingerprint density at radius 1 is 1.03 bits per heavy atom. The van der Waals surface area contributed by atoms with Crippen molar-refractivity contribution in [2.45, 2.75) is 11.8 Å². The second-order valence-corrected chi connectivity index (χ2v) is 10.7. The normalized spacial score (nSPS) is 16.6. The smallest absolute Gasteiger partial charge is 0.339 e. The minimum absolute atomic E-state index is 0.00168. The molecule has 3 aromatic rings. The van der Waals surface area contributed by atoms with Crippen LogP contribution in [-0.2, 0) is 14.9 Å². The van der Waals surface area contributed by atoms with Crippen molar-refractivity contribution >= 4 is 61.5 Å². The highest BCUT2D eigenvalue weighted by Gasteiger charge is 2.36. The van der Waals surface area contributed by atoms with Crippen LogP contribution in [0.2, 0.25) is 5.02 Å². The van der Waals surface area contributed by atoms with E-state index < -0.39 is 16.0 Å². The number of amides is 1. The first-order valence-electron chi connectivity index (χ1n) is 10.6. The number of aryl methyl sites for hydroxylation is 1. The van der Waals surface area contributed by atoms with Gasteiger partial charge in [-0.3, -0.25) is 10.2 Å². The van der Waals surface area contributed by atoms with Crippen molar-refractivity contribution < 1.29 is 17.4 Å². The summed E-state index contributed by atoms with van der Waals surface area (Å²) in [4.78, 5) is 16.9. The molecule has 8 nitrogen and oxygen atoms in total. The van der Waals surface area contributed by atoms with E-state index in [9.17, 15) is 13.2 Å². The van der Waals surface area contributed by atoms with Crippen LogP contribution in [0.15, 0.2) is 93.4 Å². The molecule has 1 amide bonds. The molecule has 0 fully saturated rings. The van der Waals surface area contributed by atoms with Crippen molar-refractivity contribution in [1.82, 2.24) is 5.01 Å². The lowest BCUT2D eigenvalue weighted by atomic mass is 10.1. The topological polar surface area (TPSA) is 112 Å². The SMILES string of the molecule is Cc1ccc(S(=O)(=O)Oc2ccccc2C=C2C(=N)N3N=C(c4ccccc4Cl)SC3=NC2=O)cc1. The van der Waals surface area contributed by atoms with Gasteiger partial charge in [0.15, 0.2) is 5.84 Å². The van der Waals surface area contributed by atoms with Gasteiger partial charge in [0, 0.05) is 11.1 Å². The van der Waals surface area contributed by atoms with Gasteiger partial charge in [-0.2, -0.15) is 23.5 Å². The molecule has 0 radical (unpaired) electrons. The summed E-state index contributed by atoms with van der Waals surface area (Å²) in [6, 6.07) is 19.7. The number of rotatable bonds is 5. The van der Waals surface area contributed by atoms with Gasteiger partial charge in [-0.25, -0.2) is 0 Å². The largest absolute Gasteiger partial charge is 0.378 e. The van der Waals surface area contributed by atoms with Crippen LogP contribution in [0.5, 0.6) is 5.75 Å². The standard InChI is InChI=1S/C25H17ClN4O4S2/c1-15-10-12-17(13-11-15)36(32,33)34-21-9-5-2-6-16(21)14-19-22(27)30-25(28-23(19)31)35-24(29-30)18-7-3-4-8-20(18)26/h2-14,27H,1H3. The second kappa shape index (κ2) is 9.38. The van der Waals surface area contributed by atoms with Crippen LogP contribution in [0, 0.1) is 12.3 Å². The fourth-order valence-corrected chi connectivity index (χ4v) is 5.60. The zero-order valence-corrected chi connectivity index (χ0v) is 21.1. The van der Waals surface area contributed by atoms with Crippen molar-refractivity contribution in [2.24, 2.45) is 10.1 Å². The first kappa shape index (κ1) is 24.0. The van der Waals surface area contributed by atoms with Crippen LogP contribution < -0.4 is 4.18 Å². The van der Waals surface area contributed by atoms with Gasteiger partial charge in [0.1, 0.15) is 15.7 Å². The molecule has 2 aliphatic heterocycles. The molecule has 11 heteroatoms. The van der Waals surface area contributed by atoms with E-state index in [1.807, 2.05) is 13.0 Å². The zero-order chi connectivity index (χ0) is 25.4. The number of thioether (sulfide) groups is 1. The van der Waals surface area contributed by atoms with Gasteiger partial charge in [0.25, 0.3) is 5.91 Å². The number of hydrazone groups is 1. The van der Waals surface area contributed by atoms with E-state index in [2.05, 4.69) is 10.1 Å². The number of hydrogen-bond acceptors (Lipinski definition) is 7. The molecule has 0 spiro atoms. The minimum Gasteiger partial charge on any atom is -0.378 e. The van der Waals surface area contributed by atoms with Gasteiger partial charge < -0.3 is 4.18 Å². The van der Waals surface area contributed by atoms with Crippen LogP contribution in [0.4, 0.5) is 0 Å². The molecule has 180 valence electrons. The van der Waals surface area contributed by atoms with E-state index in [1.165, 1.54) is 29.3 Å². The molecule has 0 aliphatic carbocycles. The maximum absolute atomic E-state index is 12.8. The molecule has 36 heavy (non-hydrogen) atoms. The fourth-order valence-electron chi connectivity index (χ4n) is 3.44. The van der Waals surface area contributed by atoms with Crippen molar-refractivity contribution in [3.63, 3.8) is 0 Å². The highest BCUT2D eigenvalue weighted by Crippen LogP contribution is 2.34. The summed E-state index contributed by atoms with van der Waals surface area (Å²) in [5.74, 6) is -0.835. The molecule has 3 aromatic carbocycles. The molecule has 2 heterocycles. The molecule has 2 aliphatic rings. The van der Waals surface area contributed by atoms with Gasteiger partial charge >= 0.3 is 10.1 Å². The fraction of sp³-hybridized carbons (Fsp3) is 0.0400. The predicted octanol–water partition coefficient (Wildman–Crippen LogP) is 5.08. The summed E-state index contributed by atoms with van der Waals surface area (Å²) in [7, 11) is -4.12. The average molecular weight is 537 g/mol. The number of carbonyl (C=O) groups excluding carboxylic acids is 1. The number of para-hydroxylation sites is 1. The van der Waals surface area contributed by atoms with Gasteiger partial charge in [-0.05, 0) is 49.0 Å². The van der Waals surface area contributed by atoms with E-state index >= 15 is 0 Å². The summed E-state index contributed by atoms with van der Waals surface area (Å²) in [6.45, 7) is 1.85. The Morgan fingerprint density at radius 2 is 1.72 bits per heavy atom. The number of nitrogens with zero attached hydrogens (tertiary/aromatic N) is 3. The number of aliphatic imine (C=N–C) groups is 1. The van der Waals surface area contributed by atoms with Gasteiger partial charge in [-0.15, -0.1) is 0 Å². The quantitative estimate of drug-likeness (QED) is 0.359. The van der Waals surface area contributed by atoms with Crippen LogP contribution >= 0.6 is 23.4 Å².